The molecule has 5 aromatic rings. The minimum atomic E-state index is -0.471. The van der Waals surface area contributed by atoms with E-state index in [9.17, 15) is 14.4 Å². The van der Waals surface area contributed by atoms with Crippen LogP contribution in [0.25, 0.3) is 17.2 Å². The second kappa shape index (κ2) is 15.1. The zero-order valence-corrected chi connectivity index (χ0v) is 25.9. The van der Waals surface area contributed by atoms with Crippen LogP contribution in [0.5, 0.6) is 0 Å². The van der Waals surface area contributed by atoms with Gasteiger partial charge in [0.15, 0.2) is 0 Å². The molecule has 0 heterocycles. The Hall–Kier alpha value is -5.11. The van der Waals surface area contributed by atoms with Crippen LogP contribution in [0.15, 0.2) is 144 Å². The molecular weight excluding hydrogens is 602 g/mol. The van der Waals surface area contributed by atoms with Crippen LogP contribution in [-0.2, 0) is 9.59 Å². The lowest BCUT2D eigenvalue weighted by atomic mass is 10.0. The fourth-order valence-electron chi connectivity index (χ4n) is 4.39. The van der Waals surface area contributed by atoms with Crippen molar-refractivity contribution >= 4 is 58.5 Å². The number of hydrogen-bond acceptors (Lipinski definition) is 4. The molecule has 1 unspecified atom stereocenters. The maximum absolute atomic E-state index is 13.5. The molecule has 0 aliphatic rings. The summed E-state index contributed by atoms with van der Waals surface area (Å²) in [6.45, 7) is 1.82. The minimum Gasteiger partial charge on any atom is -0.325 e. The topological polar surface area (TPSA) is 87.3 Å². The van der Waals surface area contributed by atoms with Crippen LogP contribution in [-0.4, -0.2) is 23.0 Å². The fourth-order valence-corrected chi connectivity index (χ4v) is 5.45. The van der Waals surface area contributed by atoms with E-state index in [1.165, 1.54) is 11.8 Å². The molecule has 0 spiro atoms. The molecule has 45 heavy (non-hydrogen) atoms. The Morgan fingerprint density at radius 2 is 1.33 bits per heavy atom. The second-order valence-electron chi connectivity index (χ2n) is 10.1. The third kappa shape index (κ3) is 8.95. The van der Waals surface area contributed by atoms with Gasteiger partial charge in [-0.05, 0) is 84.3 Å². The predicted molar refractivity (Wildman–Crippen MR) is 184 cm³/mol. The number of nitrogens with one attached hydrogen (secondary N) is 3. The Morgan fingerprint density at radius 1 is 0.689 bits per heavy atom. The SMILES string of the molecule is CC(Sc1ccc(NC(=O)/C(=C/c2ccc(-c3ccccc3)cc2)NC(=O)c2ccccc2)cc1)C(=O)Nc1cccc(Cl)c1. The summed E-state index contributed by atoms with van der Waals surface area (Å²) in [5, 5.41) is 8.69. The maximum Gasteiger partial charge on any atom is 0.272 e. The quantitative estimate of drug-likeness (QED) is 0.106. The van der Waals surface area contributed by atoms with Crippen LogP contribution in [0.3, 0.4) is 0 Å². The Balaban J connectivity index is 1.28. The summed E-state index contributed by atoms with van der Waals surface area (Å²) in [4.78, 5) is 40.0. The number of rotatable bonds is 10. The summed E-state index contributed by atoms with van der Waals surface area (Å²) >= 11 is 7.41. The van der Waals surface area contributed by atoms with E-state index in [1.807, 2.05) is 79.7 Å². The zero-order valence-electron chi connectivity index (χ0n) is 24.4. The summed E-state index contributed by atoms with van der Waals surface area (Å²) in [5.41, 5.74) is 4.59. The number of thioether (sulfide) groups is 1. The van der Waals surface area contributed by atoms with Gasteiger partial charge in [-0.15, -0.1) is 11.8 Å². The van der Waals surface area contributed by atoms with E-state index in [0.717, 1.165) is 21.6 Å². The fraction of sp³-hybridized carbons (Fsp3) is 0.0541. The lowest BCUT2D eigenvalue weighted by Gasteiger charge is -2.14. The summed E-state index contributed by atoms with van der Waals surface area (Å²) in [6.07, 6.45) is 1.65. The van der Waals surface area contributed by atoms with Gasteiger partial charge in [-0.25, -0.2) is 0 Å². The molecule has 0 aromatic heterocycles. The molecule has 0 saturated carbocycles. The van der Waals surface area contributed by atoms with Crippen LogP contribution < -0.4 is 16.0 Å². The number of amides is 3. The highest BCUT2D eigenvalue weighted by Gasteiger charge is 2.17. The van der Waals surface area contributed by atoms with E-state index in [-0.39, 0.29) is 16.9 Å². The highest BCUT2D eigenvalue weighted by atomic mass is 35.5. The molecule has 1 atom stereocenters. The van der Waals surface area contributed by atoms with Gasteiger partial charge in [-0.2, -0.15) is 0 Å². The molecule has 0 aliphatic carbocycles. The smallest absolute Gasteiger partial charge is 0.272 e. The molecule has 0 aliphatic heterocycles. The van der Waals surface area contributed by atoms with Crippen molar-refractivity contribution in [1.82, 2.24) is 5.32 Å². The number of carbonyl (C=O) groups excluding carboxylic acids is 3. The molecule has 0 radical (unpaired) electrons. The summed E-state index contributed by atoms with van der Waals surface area (Å²) in [5.74, 6) is -1.02. The Kier molecular flexibility index (Phi) is 10.5. The van der Waals surface area contributed by atoms with E-state index < -0.39 is 11.8 Å². The normalized spacial score (nSPS) is 11.7. The van der Waals surface area contributed by atoms with Crippen LogP contribution in [0.1, 0.15) is 22.8 Å². The van der Waals surface area contributed by atoms with Gasteiger partial charge in [0, 0.05) is 26.9 Å². The predicted octanol–water partition coefficient (Wildman–Crippen LogP) is 8.54. The van der Waals surface area contributed by atoms with E-state index in [4.69, 9.17) is 11.6 Å². The number of carbonyl (C=O) groups is 3. The van der Waals surface area contributed by atoms with Crippen molar-refractivity contribution in [3.63, 3.8) is 0 Å². The third-order valence-electron chi connectivity index (χ3n) is 6.74. The van der Waals surface area contributed by atoms with Crippen molar-refractivity contribution in [3.8, 4) is 11.1 Å². The zero-order chi connectivity index (χ0) is 31.6. The average molecular weight is 632 g/mol. The number of anilines is 2. The first kappa shape index (κ1) is 31.3. The van der Waals surface area contributed by atoms with Crippen LogP contribution >= 0.6 is 23.4 Å². The van der Waals surface area contributed by atoms with E-state index in [1.54, 1.807) is 66.7 Å². The molecule has 5 rings (SSSR count). The van der Waals surface area contributed by atoms with Gasteiger partial charge in [-0.1, -0.05) is 90.5 Å². The standard InChI is InChI=1S/C37H30ClN3O3S/c1-25(35(42)40-32-14-8-13-30(38)24-32)45-33-21-19-31(20-22-33)39-37(44)34(41-36(43)29-11-6-3-7-12-29)23-26-15-17-28(18-16-26)27-9-4-2-5-10-27/h2-25H,1H3,(H,39,44)(H,40,42)(H,41,43)/b34-23-. The number of hydrogen-bond donors (Lipinski definition) is 3. The molecule has 0 fully saturated rings. The number of halogens is 1. The molecule has 6 nitrogen and oxygen atoms in total. The van der Waals surface area contributed by atoms with Crippen molar-refractivity contribution in [2.75, 3.05) is 10.6 Å². The van der Waals surface area contributed by atoms with Crippen molar-refractivity contribution in [1.29, 1.82) is 0 Å². The van der Waals surface area contributed by atoms with Crippen molar-refractivity contribution in [2.24, 2.45) is 0 Å². The first-order valence-electron chi connectivity index (χ1n) is 14.2. The molecule has 3 amide bonds. The van der Waals surface area contributed by atoms with Gasteiger partial charge in [-0.3, -0.25) is 14.4 Å². The first-order chi connectivity index (χ1) is 21.8. The lowest BCUT2D eigenvalue weighted by molar-refractivity contribution is -0.115. The highest BCUT2D eigenvalue weighted by Crippen LogP contribution is 2.26. The highest BCUT2D eigenvalue weighted by molar-refractivity contribution is 8.00. The Bertz CT molecular complexity index is 1810. The molecule has 0 saturated heterocycles. The average Bonchev–Trinajstić information content (AvgIpc) is 3.06. The van der Waals surface area contributed by atoms with Gasteiger partial charge in [0.1, 0.15) is 5.70 Å². The van der Waals surface area contributed by atoms with Gasteiger partial charge in [0.05, 0.1) is 5.25 Å². The molecule has 8 heteroatoms. The number of benzene rings is 5. The van der Waals surface area contributed by atoms with Crippen LogP contribution in [0, 0.1) is 0 Å². The summed E-state index contributed by atoms with van der Waals surface area (Å²) < 4.78 is 0. The van der Waals surface area contributed by atoms with E-state index >= 15 is 0 Å². The molecule has 0 bridgehead atoms. The Morgan fingerprint density at radius 3 is 2.00 bits per heavy atom. The van der Waals surface area contributed by atoms with Crippen LogP contribution in [0.4, 0.5) is 11.4 Å². The molecule has 224 valence electrons. The van der Waals surface area contributed by atoms with Gasteiger partial charge in [0.2, 0.25) is 5.91 Å². The lowest BCUT2D eigenvalue weighted by Crippen LogP contribution is -2.30. The monoisotopic (exact) mass is 631 g/mol. The van der Waals surface area contributed by atoms with Gasteiger partial charge in [0.25, 0.3) is 11.8 Å². The second-order valence-corrected chi connectivity index (χ2v) is 12.0. The van der Waals surface area contributed by atoms with E-state index in [0.29, 0.717) is 22.0 Å². The maximum atomic E-state index is 13.5. The third-order valence-corrected chi connectivity index (χ3v) is 8.09. The molecular formula is C37H30ClN3O3S. The van der Waals surface area contributed by atoms with E-state index in [2.05, 4.69) is 16.0 Å². The van der Waals surface area contributed by atoms with Crippen molar-refractivity contribution in [3.05, 3.63) is 155 Å². The first-order valence-corrected chi connectivity index (χ1v) is 15.5. The molecule has 3 N–H and O–H groups in total. The van der Waals surface area contributed by atoms with Crippen molar-refractivity contribution in [2.45, 2.75) is 17.1 Å². The molecule has 5 aromatic carbocycles. The van der Waals surface area contributed by atoms with Crippen molar-refractivity contribution < 1.29 is 14.4 Å². The Labute approximate surface area is 271 Å². The van der Waals surface area contributed by atoms with Gasteiger partial charge < -0.3 is 16.0 Å². The van der Waals surface area contributed by atoms with Gasteiger partial charge >= 0.3 is 0 Å². The summed E-state index contributed by atoms with van der Waals surface area (Å²) in [7, 11) is 0. The largest absolute Gasteiger partial charge is 0.325 e. The van der Waals surface area contributed by atoms with Crippen LogP contribution in [0.2, 0.25) is 5.02 Å². The minimum absolute atomic E-state index is 0.0982. The summed E-state index contributed by atoms with van der Waals surface area (Å²) in [6, 6.07) is 40.7.